The summed E-state index contributed by atoms with van der Waals surface area (Å²) in [6.07, 6.45) is 2.55. The van der Waals surface area contributed by atoms with E-state index in [0.717, 1.165) is 6.92 Å². The Morgan fingerprint density at radius 2 is 2.33 bits per heavy atom. The Hall–Kier alpha value is -0.380. The van der Waals surface area contributed by atoms with Gasteiger partial charge in [0.15, 0.2) is 0 Å². The molecule has 0 aliphatic heterocycles. The van der Waals surface area contributed by atoms with Crippen LogP contribution < -0.4 is 0 Å². The third-order valence-corrected chi connectivity index (χ3v) is 1.99. The lowest BCUT2D eigenvalue weighted by Gasteiger charge is -2.16. The molecule has 1 atom stereocenters. The molecule has 0 bridgehead atoms. The van der Waals surface area contributed by atoms with Gasteiger partial charge in [0.25, 0.3) is 0 Å². The first-order valence-corrected chi connectivity index (χ1v) is 4.48. The average molecular weight is 239 g/mol. The van der Waals surface area contributed by atoms with Gasteiger partial charge in [0, 0.05) is 11.8 Å². The Kier molecular flexibility index (Phi) is 2.88. The van der Waals surface area contributed by atoms with Gasteiger partial charge in [-0.3, -0.25) is 0 Å². The smallest absolute Gasteiger partial charge is 0.394 e. The van der Waals surface area contributed by atoms with Gasteiger partial charge in [-0.05, 0) is 18.6 Å². The second kappa shape index (κ2) is 3.56. The topological polar surface area (TPSA) is 9.23 Å². The zero-order valence-corrected chi connectivity index (χ0v) is 8.14. The van der Waals surface area contributed by atoms with Gasteiger partial charge in [0.1, 0.15) is 5.76 Å². The zero-order valence-electron chi connectivity index (χ0n) is 6.56. The lowest BCUT2D eigenvalue weighted by Crippen LogP contribution is -2.15. The molecule has 0 saturated carbocycles. The zero-order chi connectivity index (χ0) is 9.19. The fourth-order valence-corrected chi connectivity index (χ4v) is 1.20. The Morgan fingerprint density at radius 3 is 2.75 bits per heavy atom. The molecular weight excluding hydrogens is 230 g/mol. The van der Waals surface area contributed by atoms with E-state index in [4.69, 9.17) is 0 Å². The molecule has 0 aromatic heterocycles. The van der Waals surface area contributed by atoms with Gasteiger partial charge in [0.05, 0.1) is 0 Å². The van der Waals surface area contributed by atoms with Crippen molar-refractivity contribution < 1.29 is 13.5 Å². The van der Waals surface area contributed by atoms with Crippen LogP contribution in [0.1, 0.15) is 13.3 Å². The Balaban J connectivity index is 2.51. The van der Waals surface area contributed by atoms with Crippen LogP contribution in [0.2, 0.25) is 0 Å². The summed E-state index contributed by atoms with van der Waals surface area (Å²) >= 11 is 3.32. The second-order valence-corrected chi connectivity index (χ2v) is 3.80. The van der Waals surface area contributed by atoms with Gasteiger partial charge in [0.2, 0.25) is 0 Å². The lowest BCUT2D eigenvalue weighted by atomic mass is 10.2. The van der Waals surface area contributed by atoms with Crippen molar-refractivity contribution >= 4 is 15.9 Å². The van der Waals surface area contributed by atoms with Crippen LogP contribution in [0.15, 0.2) is 24.0 Å². The van der Waals surface area contributed by atoms with Crippen molar-refractivity contribution in [1.82, 2.24) is 0 Å². The maximum atomic E-state index is 12.3. The molecule has 12 heavy (non-hydrogen) atoms. The molecule has 0 amide bonds. The van der Waals surface area contributed by atoms with Crippen LogP contribution in [-0.4, -0.2) is 10.9 Å². The summed E-state index contributed by atoms with van der Waals surface area (Å²) < 4.78 is 28.9. The Labute approximate surface area is 78.2 Å². The molecule has 0 heterocycles. The van der Waals surface area contributed by atoms with E-state index < -0.39 is 6.11 Å². The van der Waals surface area contributed by atoms with E-state index in [9.17, 15) is 8.78 Å². The highest BCUT2D eigenvalue weighted by Crippen LogP contribution is 2.23. The summed E-state index contributed by atoms with van der Waals surface area (Å²) in [5.41, 5.74) is 0. The van der Waals surface area contributed by atoms with E-state index in [2.05, 4.69) is 20.7 Å². The van der Waals surface area contributed by atoms with Crippen LogP contribution in [0.25, 0.3) is 0 Å². The van der Waals surface area contributed by atoms with Gasteiger partial charge in [-0.1, -0.05) is 22.0 Å². The first-order chi connectivity index (χ1) is 5.47. The first kappa shape index (κ1) is 9.71. The number of allylic oxidation sites excluding steroid dienone is 3. The predicted octanol–water partition coefficient (Wildman–Crippen LogP) is 3.22. The number of hydrogen-bond donors (Lipinski definition) is 0. The molecule has 1 aliphatic rings. The van der Waals surface area contributed by atoms with E-state index in [0.29, 0.717) is 6.42 Å². The maximum Gasteiger partial charge on any atom is 0.394 e. The summed E-state index contributed by atoms with van der Waals surface area (Å²) in [6.45, 7) is 0.724. The van der Waals surface area contributed by atoms with Crippen LogP contribution >= 0.6 is 15.9 Å². The van der Waals surface area contributed by atoms with Crippen molar-refractivity contribution in [3.8, 4) is 0 Å². The van der Waals surface area contributed by atoms with Crippen molar-refractivity contribution in [3.05, 3.63) is 24.0 Å². The summed E-state index contributed by atoms with van der Waals surface area (Å²) in [7, 11) is 0. The molecule has 4 heteroatoms. The van der Waals surface area contributed by atoms with Gasteiger partial charge in [-0.2, -0.15) is 8.78 Å². The van der Waals surface area contributed by atoms with Crippen molar-refractivity contribution in [2.24, 2.45) is 0 Å². The molecule has 1 aliphatic carbocycles. The minimum absolute atomic E-state index is 0.232. The molecule has 0 fully saturated rings. The molecule has 0 aromatic carbocycles. The van der Waals surface area contributed by atoms with E-state index in [1.807, 2.05) is 0 Å². The van der Waals surface area contributed by atoms with Gasteiger partial charge in [-0.15, -0.1) is 0 Å². The fraction of sp³-hybridized carbons (Fsp3) is 0.500. The highest BCUT2D eigenvalue weighted by atomic mass is 79.9. The summed E-state index contributed by atoms with van der Waals surface area (Å²) in [4.78, 5) is 0.232. The van der Waals surface area contributed by atoms with Crippen LogP contribution in [0.4, 0.5) is 8.78 Å². The third-order valence-electron chi connectivity index (χ3n) is 1.31. The van der Waals surface area contributed by atoms with Gasteiger partial charge in [-0.25, -0.2) is 0 Å². The quantitative estimate of drug-likeness (QED) is 0.672. The molecule has 68 valence electrons. The summed E-state index contributed by atoms with van der Waals surface area (Å²) in [5, 5.41) is 0. The van der Waals surface area contributed by atoms with Crippen LogP contribution in [-0.2, 0) is 4.74 Å². The number of halogens is 3. The van der Waals surface area contributed by atoms with E-state index in [-0.39, 0.29) is 10.6 Å². The van der Waals surface area contributed by atoms with Gasteiger partial charge >= 0.3 is 6.11 Å². The summed E-state index contributed by atoms with van der Waals surface area (Å²) in [5.74, 6) is 0.234. The highest BCUT2D eigenvalue weighted by Gasteiger charge is 2.24. The van der Waals surface area contributed by atoms with E-state index in [1.165, 1.54) is 0 Å². The largest absolute Gasteiger partial charge is 0.433 e. The fourth-order valence-electron chi connectivity index (χ4n) is 0.857. The molecule has 0 saturated heterocycles. The van der Waals surface area contributed by atoms with E-state index >= 15 is 0 Å². The second-order valence-electron chi connectivity index (χ2n) is 2.63. The molecule has 0 aromatic rings. The van der Waals surface area contributed by atoms with Crippen LogP contribution in [0.3, 0.4) is 0 Å². The third kappa shape index (κ3) is 3.34. The molecule has 1 rings (SSSR count). The average Bonchev–Trinajstić information content (AvgIpc) is 1.91. The Morgan fingerprint density at radius 1 is 1.67 bits per heavy atom. The lowest BCUT2D eigenvalue weighted by molar-refractivity contribution is -0.195. The minimum atomic E-state index is -3.09. The SMILES string of the molecule is CC(F)(F)OC1=CCC(Br)C=C1. The molecule has 0 spiro atoms. The van der Waals surface area contributed by atoms with E-state index in [1.54, 1.807) is 18.2 Å². The van der Waals surface area contributed by atoms with Crippen molar-refractivity contribution in [2.75, 3.05) is 0 Å². The molecule has 0 N–H and O–H groups in total. The first-order valence-electron chi connectivity index (χ1n) is 3.56. The molecule has 1 nitrogen and oxygen atoms in total. The predicted molar refractivity (Wildman–Crippen MR) is 46.3 cm³/mol. The molecule has 1 unspecified atom stereocenters. The molecular formula is C8H9BrF2O. The number of hydrogen-bond acceptors (Lipinski definition) is 1. The van der Waals surface area contributed by atoms with Crippen molar-refractivity contribution in [3.63, 3.8) is 0 Å². The minimum Gasteiger partial charge on any atom is -0.433 e. The normalized spacial score (nSPS) is 23.7. The highest BCUT2D eigenvalue weighted by molar-refractivity contribution is 9.09. The van der Waals surface area contributed by atoms with Crippen molar-refractivity contribution in [1.29, 1.82) is 0 Å². The molecule has 0 radical (unpaired) electrons. The summed E-state index contributed by atoms with van der Waals surface area (Å²) in [6, 6.07) is 0. The number of alkyl halides is 3. The number of rotatable bonds is 2. The van der Waals surface area contributed by atoms with Crippen molar-refractivity contribution in [2.45, 2.75) is 24.3 Å². The van der Waals surface area contributed by atoms with Crippen LogP contribution in [0, 0.1) is 0 Å². The number of ether oxygens (including phenoxy) is 1. The standard InChI is InChI=1S/C8H9BrF2O/c1-8(10,11)12-7-4-2-6(9)3-5-7/h2,4-6H,3H2,1H3. The van der Waals surface area contributed by atoms with Gasteiger partial charge < -0.3 is 4.74 Å². The Bertz CT molecular complexity index is 218. The monoisotopic (exact) mass is 238 g/mol. The maximum absolute atomic E-state index is 12.3. The van der Waals surface area contributed by atoms with Crippen LogP contribution in [0.5, 0.6) is 0 Å².